The van der Waals surface area contributed by atoms with Crippen molar-refractivity contribution < 1.29 is 24.3 Å². The Morgan fingerprint density at radius 1 is 0.763 bits per heavy atom. The van der Waals surface area contributed by atoms with Gasteiger partial charge in [0.05, 0.1) is 6.04 Å². The van der Waals surface area contributed by atoms with Crippen LogP contribution in [0.1, 0.15) is 46.6 Å². The smallest absolute Gasteiger partial charge is 0.325 e. The van der Waals surface area contributed by atoms with Crippen molar-refractivity contribution >= 4 is 23.7 Å². The summed E-state index contributed by atoms with van der Waals surface area (Å²) in [5, 5.41) is 17.0. The summed E-state index contributed by atoms with van der Waals surface area (Å²) in [6, 6.07) is 13.9. The molecule has 0 saturated carbocycles. The highest BCUT2D eigenvalue weighted by Crippen LogP contribution is 2.19. The Morgan fingerprint density at radius 3 is 1.82 bits per heavy atom. The fraction of sp³-hybridized carbons (Fsp3) is 0.448. The Balaban J connectivity index is 2.05. The first-order valence-corrected chi connectivity index (χ1v) is 13.0. The summed E-state index contributed by atoms with van der Waals surface area (Å²) in [5.74, 6) is -3.32. The topological polar surface area (TPSA) is 151 Å². The first kappa shape index (κ1) is 30.5. The quantitative estimate of drug-likeness (QED) is 0.272. The molecular weight excluding hydrogens is 484 g/mol. The van der Waals surface area contributed by atoms with Crippen LogP contribution in [0.4, 0.5) is 0 Å². The van der Waals surface area contributed by atoms with Gasteiger partial charge >= 0.3 is 5.97 Å². The van der Waals surface area contributed by atoms with Gasteiger partial charge in [-0.3, -0.25) is 19.2 Å². The zero-order chi connectivity index (χ0) is 28.4. The molecule has 206 valence electrons. The molecule has 0 radical (unpaired) electrons. The average molecular weight is 525 g/mol. The third-order valence-corrected chi connectivity index (χ3v) is 6.62. The first-order chi connectivity index (χ1) is 17.9. The van der Waals surface area contributed by atoms with E-state index in [0.29, 0.717) is 6.42 Å². The average Bonchev–Trinajstić information content (AvgIpc) is 2.90. The normalized spacial score (nSPS) is 15.0. The van der Waals surface area contributed by atoms with Gasteiger partial charge in [-0.25, -0.2) is 0 Å². The molecule has 0 bridgehead atoms. The van der Waals surface area contributed by atoms with E-state index in [0.717, 1.165) is 16.7 Å². The zero-order valence-electron chi connectivity index (χ0n) is 22.7. The summed E-state index contributed by atoms with van der Waals surface area (Å²) in [6.07, 6.45) is 0.866. The molecule has 9 nitrogen and oxygen atoms in total. The minimum atomic E-state index is -1.18. The van der Waals surface area contributed by atoms with Crippen LogP contribution in [0.2, 0.25) is 0 Å². The van der Waals surface area contributed by atoms with E-state index >= 15 is 0 Å². The van der Waals surface area contributed by atoms with Crippen LogP contribution in [0.25, 0.3) is 11.1 Å². The summed E-state index contributed by atoms with van der Waals surface area (Å²) in [5.41, 5.74) is 9.22. The number of nitrogens with one attached hydrogen (secondary N) is 3. The molecule has 0 aromatic heterocycles. The molecule has 0 unspecified atom stereocenters. The lowest BCUT2D eigenvalue weighted by Gasteiger charge is -2.29. The van der Waals surface area contributed by atoms with Gasteiger partial charge < -0.3 is 26.8 Å². The van der Waals surface area contributed by atoms with Crippen molar-refractivity contribution in [2.45, 2.75) is 71.6 Å². The van der Waals surface area contributed by atoms with Crippen molar-refractivity contribution in [3.8, 4) is 11.1 Å². The van der Waals surface area contributed by atoms with Crippen LogP contribution in [0.15, 0.2) is 54.6 Å². The first-order valence-electron chi connectivity index (χ1n) is 13.0. The van der Waals surface area contributed by atoms with Gasteiger partial charge in [-0.05, 0) is 41.9 Å². The largest absolute Gasteiger partial charge is 0.480 e. The Bertz CT molecular complexity index is 1090. The van der Waals surface area contributed by atoms with Crippen molar-refractivity contribution in [1.29, 1.82) is 0 Å². The number of nitrogens with two attached hydrogens (primary N) is 1. The lowest BCUT2D eigenvalue weighted by Crippen LogP contribution is -2.59. The molecule has 6 N–H and O–H groups in total. The number of carbonyl (C=O) groups is 4. The third kappa shape index (κ3) is 8.69. The molecule has 9 heteroatoms. The van der Waals surface area contributed by atoms with Crippen molar-refractivity contribution in [2.24, 2.45) is 17.6 Å². The van der Waals surface area contributed by atoms with Crippen LogP contribution in [0, 0.1) is 11.8 Å². The van der Waals surface area contributed by atoms with Crippen LogP contribution >= 0.6 is 0 Å². The van der Waals surface area contributed by atoms with E-state index in [2.05, 4.69) is 16.0 Å². The number of carboxylic acids is 1. The molecule has 0 heterocycles. The van der Waals surface area contributed by atoms with Gasteiger partial charge in [0.25, 0.3) is 0 Å². The maximum Gasteiger partial charge on any atom is 0.325 e. The van der Waals surface area contributed by atoms with E-state index in [4.69, 9.17) is 10.8 Å². The molecule has 2 rings (SSSR count). The van der Waals surface area contributed by atoms with Crippen LogP contribution in [0.5, 0.6) is 0 Å². The molecule has 38 heavy (non-hydrogen) atoms. The van der Waals surface area contributed by atoms with E-state index in [-0.39, 0.29) is 18.3 Å². The molecular formula is C29H40N4O5. The number of hydrogen-bond acceptors (Lipinski definition) is 5. The highest BCUT2D eigenvalue weighted by atomic mass is 16.4. The summed E-state index contributed by atoms with van der Waals surface area (Å²) >= 11 is 0. The number of rotatable bonds is 13. The van der Waals surface area contributed by atoms with Gasteiger partial charge in [0.1, 0.15) is 18.1 Å². The maximum absolute atomic E-state index is 13.2. The number of aliphatic carboxylic acids is 1. The zero-order valence-corrected chi connectivity index (χ0v) is 22.7. The predicted molar refractivity (Wildman–Crippen MR) is 147 cm³/mol. The predicted octanol–water partition coefficient (Wildman–Crippen LogP) is 2.48. The molecule has 2 aromatic carbocycles. The molecule has 0 spiro atoms. The second kappa shape index (κ2) is 14.3. The lowest BCUT2D eigenvalue weighted by molar-refractivity contribution is -0.142. The van der Waals surface area contributed by atoms with E-state index < -0.39 is 47.9 Å². The summed E-state index contributed by atoms with van der Waals surface area (Å²) < 4.78 is 0. The minimum absolute atomic E-state index is 0.260. The molecule has 0 aliphatic heterocycles. The van der Waals surface area contributed by atoms with Crippen LogP contribution in [-0.4, -0.2) is 53.0 Å². The van der Waals surface area contributed by atoms with Crippen molar-refractivity contribution in [2.75, 3.05) is 0 Å². The fourth-order valence-electron chi connectivity index (χ4n) is 3.92. The molecule has 5 atom stereocenters. The van der Waals surface area contributed by atoms with Crippen LogP contribution in [-0.2, 0) is 25.6 Å². The Hall–Kier alpha value is -3.72. The summed E-state index contributed by atoms with van der Waals surface area (Å²) in [6.45, 7) is 8.57. The molecule has 0 fully saturated rings. The van der Waals surface area contributed by atoms with E-state index in [1.807, 2.05) is 61.5 Å². The SMILES string of the molecule is CC[C@H](C)[C@H](NC(=O)[C@@H](NC(=O)[C@@H](N)Cc1ccc(-c2ccccc2)cc1)C(C)C)C(=O)N[C@@H](C)C(=O)O. The maximum atomic E-state index is 13.2. The van der Waals surface area contributed by atoms with Crippen LogP contribution in [0.3, 0.4) is 0 Å². The lowest BCUT2D eigenvalue weighted by atomic mass is 9.96. The monoisotopic (exact) mass is 524 g/mol. The fourth-order valence-corrected chi connectivity index (χ4v) is 3.92. The van der Waals surface area contributed by atoms with E-state index in [1.54, 1.807) is 20.8 Å². The second-order valence-electron chi connectivity index (χ2n) is 10.0. The van der Waals surface area contributed by atoms with Gasteiger partial charge in [0.2, 0.25) is 17.7 Å². The summed E-state index contributed by atoms with van der Waals surface area (Å²) in [7, 11) is 0. The Morgan fingerprint density at radius 2 is 1.29 bits per heavy atom. The molecule has 2 aromatic rings. The number of benzene rings is 2. The molecule has 3 amide bonds. The van der Waals surface area contributed by atoms with Crippen LogP contribution < -0.4 is 21.7 Å². The van der Waals surface area contributed by atoms with Crippen molar-refractivity contribution in [3.05, 3.63) is 60.2 Å². The number of amides is 3. The number of carboxylic acid groups (broad SMARTS) is 1. The van der Waals surface area contributed by atoms with Crippen molar-refractivity contribution in [3.63, 3.8) is 0 Å². The third-order valence-electron chi connectivity index (χ3n) is 6.62. The minimum Gasteiger partial charge on any atom is -0.480 e. The highest BCUT2D eigenvalue weighted by molar-refractivity contribution is 5.94. The summed E-state index contributed by atoms with van der Waals surface area (Å²) in [4.78, 5) is 50.0. The standard InChI is InChI=1S/C29H40N4O5/c1-6-18(4)25(28(36)31-19(5)29(37)38)33-27(35)24(17(2)3)32-26(34)23(30)16-20-12-14-22(15-13-20)21-10-8-7-9-11-21/h7-15,17-19,23-25H,6,16,30H2,1-5H3,(H,31,36)(H,32,34)(H,33,35)(H,37,38)/t18-,19-,23-,24-,25-/m0/s1. The highest BCUT2D eigenvalue weighted by Gasteiger charge is 2.33. The second-order valence-corrected chi connectivity index (χ2v) is 10.0. The molecule has 0 aliphatic rings. The van der Waals surface area contributed by atoms with Crippen molar-refractivity contribution in [1.82, 2.24) is 16.0 Å². The van der Waals surface area contributed by atoms with E-state index in [9.17, 15) is 19.2 Å². The van der Waals surface area contributed by atoms with Gasteiger partial charge in [-0.2, -0.15) is 0 Å². The number of carbonyl (C=O) groups excluding carboxylic acids is 3. The Kier molecular flexibility index (Phi) is 11.5. The van der Waals surface area contributed by atoms with Gasteiger partial charge in [-0.1, -0.05) is 88.7 Å². The van der Waals surface area contributed by atoms with Gasteiger partial charge in [0, 0.05) is 0 Å². The molecule has 0 saturated heterocycles. The molecule has 0 aliphatic carbocycles. The van der Waals surface area contributed by atoms with Gasteiger partial charge in [0.15, 0.2) is 0 Å². The van der Waals surface area contributed by atoms with Gasteiger partial charge in [-0.15, -0.1) is 0 Å². The number of hydrogen-bond donors (Lipinski definition) is 5. The Labute approximate surface area is 224 Å². The van der Waals surface area contributed by atoms with E-state index in [1.165, 1.54) is 6.92 Å².